The lowest BCUT2D eigenvalue weighted by atomic mass is 10.3. The number of pyridine rings is 1. The van der Waals surface area contributed by atoms with Crippen LogP contribution in [0.1, 0.15) is 11.4 Å². The van der Waals surface area contributed by atoms with Gasteiger partial charge in [-0.3, -0.25) is 4.98 Å². The summed E-state index contributed by atoms with van der Waals surface area (Å²) in [4.78, 5) is 16.1. The molecule has 0 spiro atoms. The van der Waals surface area contributed by atoms with Gasteiger partial charge in [-0.15, -0.1) is 11.3 Å². The summed E-state index contributed by atoms with van der Waals surface area (Å²) < 4.78 is 0. The second-order valence-electron chi connectivity index (χ2n) is 4.67. The molecule has 3 rings (SSSR count). The van der Waals surface area contributed by atoms with E-state index in [1.165, 1.54) is 0 Å². The summed E-state index contributed by atoms with van der Waals surface area (Å²) in [6.07, 6.45) is 0. The molecule has 3 aromatic heterocycles. The van der Waals surface area contributed by atoms with Crippen molar-refractivity contribution >= 4 is 33.3 Å². The molecule has 6 heteroatoms. The van der Waals surface area contributed by atoms with Crippen LogP contribution < -0.4 is 10.6 Å². The number of hydrogen-bond acceptors (Lipinski definition) is 6. The predicted octanol–water partition coefficient (Wildman–Crippen LogP) is 2.61. The Hall–Kier alpha value is -2.21. The van der Waals surface area contributed by atoms with Crippen molar-refractivity contribution in [2.45, 2.75) is 13.5 Å². The van der Waals surface area contributed by atoms with E-state index >= 15 is 0 Å². The Morgan fingerprint density at radius 2 is 2.05 bits per heavy atom. The summed E-state index contributed by atoms with van der Waals surface area (Å²) in [5.41, 5.74) is 7.80. The maximum absolute atomic E-state index is 5.78. The third-order valence-electron chi connectivity index (χ3n) is 3.03. The van der Waals surface area contributed by atoms with Crippen LogP contribution in [0.3, 0.4) is 0 Å². The van der Waals surface area contributed by atoms with Crippen LogP contribution in [0.4, 0.5) is 11.8 Å². The number of aryl methyl sites for hydroxylation is 1. The Balaban J connectivity index is 1.96. The third kappa shape index (κ3) is 2.42. The minimum absolute atomic E-state index is 0.305. The monoisotopic (exact) mass is 285 g/mol. The Bertz CT molecular complexity index is 752. The van der Waals surface area contributed by atoms with E-state index in [1.807, 2.05) is 43.6 Å². The van der Waals surface area contributed by atoms with E-state index in [4.69, 9.17) is 5.73 Å². The minimum atomic E-state index is 0.305. The number of aromatic nitrogens is 3. The van der Waals surface area contributed by atoms with Gasteiger partial charge in [0.1, 0.15) is 10.6 Å². The summed E-state index contributed by atoms with van der Waals surface area (Å²) in [6.45, 7) is 2.67. The lowest BCUT2D eigenvalue weighted by Crippen LogP contribution is -2.19. The van der Waals surface area contributed by atoms with Crippen LogP contribution in [0.25, 0.3) is 10.2 Å². The van der Waals surface area contributed by atoms with Gasteiger partial charge in [0.05, 0.1) is 17.6 Å². The molecule has 0 radical (unpaired) electrons. The minimum Gasteiger partial charge on any atom is -0.368 e. The molecular weight excluding hydrogens is 270 g/mol. The average Bonchev–Trinajstić information content (AvgIpc) is 2.85. The molecule has 0 unspecified atom stereocenters. The number of hydrogen-bond donors (Lipinski definition) is 1. The zero-order valence-electron chi connectivity index (χ0n) is 11.4. The van der Waals surface area contributed by atoms with Crippen LogP contribution in [0, 0.1) is 6.92 Å². The quantitative estimate of drug-likeness (QED) is 0.801. The van der Waals surface area contributed by atoms with E-state index in [9.17, 15) is 0 Å². The summed E-state index contributed by atoms with van der Waals surface area (Å²) >= 11 is 1.57. The number of rotatable bonds is 3. The highest BCUT2D eigenvalue weighted by Crippen LogP contribution is 2.28. The van der Waals surface area contributed by atoms with E-state index in [2.05, 4.69) is 19.9 Å². The van der Waals surface area contributed by atoms with Crippen molar-refractivity contribution in [3.63, 3.8) is 0 Å². The largest absolute Gasteiger partial charge is 0.368 e. The highest BCUT2D eigenvalue weighted by Gasteiger charge is 2.12. The normalized spacial score (nSPS) is 10.9. The molecule has 3 heterocycles. The Labute approximate surface area is 121 Å². The molecule has 0 aliphatic carbocycles. The van der Waals surface area contributed by atoms with Gasteiger partial charge in [0.2, 0.25) is 5.95 Å². The standard InChI is InChI=1S/C14H15N5S/c1-9-4-3-5-10(16-9)8-19(2)12-11-6-7-20-13(11)18-14(15)17-12/h3-7H,8H2,1-2H3,(H2,15,17,18). The molecule has 102 valence electrons. The van der Waals surface area contributed by atoms with Crippen molar-refractivity contribution in [3.05, 3.63) is 41.0 Å². The number of thiophene rings is 1. The van der Waals surface area contributed by atoms with E-state index < -0.39 is 0 Å². The zero-order valence-corrected chi connectivity index (χ0v) is 12.2. The molecule has 0 aromatic carbocycles. The Morgan fingerprint density at radius 1 is 1.20 bits per heavy atom. The molecule has 0 aliphatic heterocycles. The van der Waals surface area contributed by atoms with Gasteiger partial charge < -0.3 is 10.6 Å². The van der Waals surface area contributed by atoms with Gasteiger partial charge in [-0.25, -0.2) is 4.98 Å². The predicted molar refractivity (Wildman–Crippen MR) is 82.9 cm³/mol. The molecule has 20 heavy (non-hydrogen) atoms. The highest BCUT2D eigenvalue weighted by atomic mass is 32.1. The fourth-order valence-corrected chi connectivity index (χ4v) is 2.92. The first-order valence-corrected chi connectivity index (χ1v) is 7.16. The maximum Gasteiger partial charge on any atom is 0.223 e. The number of fused-ring (bicyclic) bond motifs is 1. The van der Waals surface area contributed by atoms with Crippen LogP contribution in [0.2, 0.25) is 0 Å². The van der Waals surface area contributed by atoms with Crippen molar-refractivity contribution in [1.82, 2.24) is 15.0 Å². The molecule has 0 amide bonds. The first-order valence-electron chi connectivity index (χ1n) is 6.28. The van der Waals surface area contributed by atoms with Gasteiger partial charge in [-0.1, -0.05) is 6.07 Å². The second-order valence-corrected chi connectivity index (χ2v) is 5.57. The lowest BCUT2D eigenvalue weighted by Gasteiger charge is -2.19. The number of nitrogens with two attached hydrogens (primary N) is 1. The molecule has 5 nitrogen and oxygen atoms in total. The Kier molecular flexibility index (Phi) is 3.23. The smallest absolute Gasteiger partial charge is 0.223 e. The van der Waals surface area contributed by atoms with Crippen molar-refractivity contribution in [3.8, 4) is 0 Å². The number of nitrogen functional groups attached to an aromatic ring is 1. The molecule has 0 bridgehead atoms. The zero-order chi connectivity index (χ0) is 14.1. The van der Waals surface area contributed by atoms with Crippen LogP contribution in [0.5, 0.6) is 0 Å². The molecular formula is C14H15N5S. The van der Waals surface area contributed by atoms with Gasteiger partial charge in [0.25, 0.3) is 0 Å². The summed E-state index contributed by atoms with van der Waals surface area (Å²) in [6, 6.07) is 8.04. The van der Waals surface area contributed by atoms with Crippen LogP contribution in [-0.4, -0.2) is 22.0 Å². The molecule has 3 aromatic rings. The topological polar surface area (TPSA) is 67.9 Å². The van der Waals surface area contributed by atoms with Crippen molar-refractivity contribution < 1.29 is 0 Å². The molecule has 0 atom stereocenters. The Morgan fingerprint density at radius 3 is 2.85 bits per heavy atom. The highest BCUT2D eigenvalue weighted by molar-refractivity contribution is 7.16. The van der Waals surface area contributed by atoms with Crippen LogP contribution in [0.15, 0.2) is 29.6 Å². The van der Waals surface area contributed by atoms with E-state index in [0.717, 1.165) is 27.4 Å². The average molecular weight is 285 g/mol. The molecule has 0 fully saturated rings. The van der Waals surface area contributed by atoms with E-state index in [0.29, 0.717) is 12.5 Å². The van der Waals surface area contributed by atoms with Crippen LogP contribution >= 0.6 is 11.3 Å². The van der Waals surface area contributed by atoms with Gasteiger partial charge >= 0.3 is 0 Å². The van der Waals surface area contributed by atoms with Gasteiger partial charge in [-0.2, -0.15) is 4.98 Å². The maximum atomic E-state index is 5.78. The lowest BCUT2D eigenvalue weighted by molar-refractivity contribution is 0.863. The third-order valence-corrected chi connectivity index (χ3v) is 3.84. The molecule has 0 aliphatic rings. The van der Waals surface area contributed by atoms with Crippen molar-refractivity contribution in [2.24, 2.45) is 0 Å². The fourth-order valence-electron chi connectivity index (χ4n) is 2.15. The first-order chi connectivity index (χ1) is 9.63. The molecule has 2 N–H and O–H groups in total. The number of anilines is 2. The van der Waals surface area contributed by atoms with Crippen molar-refractivity contribution in [1.29, 1.82) is 0 Å². The van der Waals surface area contributed by atoms with Crippen LogP contribution in [-0.2, 0) is 6.54 Å². The number of nitrogens with zero attached hydrogens (tertiary/aromatic N) is 4. The first kappa shape index (κ1) is 12.8. The van der Waals surface area contributed by atoms with Crippen molar-refractivity contribution in [2.75, 3.05) is 17.7 Å². The SMILES string of the molecule is Cc1cccc(CN(C)c2nc(N)nc3sccc23)n1. The van der Waals surface area contributed by atoms with Gasteiger partial charge in [0, 0.05) is 12.7 Å². The molecule has 0 saturated carbocycles. The summed E-state index contributed by atoms with van der Waals surface area (Å²) in [5, 5.41) is 3.03. The van der Waals surface area contributed by atoms with E-state index in [1.54, 1.807) is 11.3 Å². The molecule has 0 saturated heterocycles. The van der Waals surface area contributed by atoms with Gasteiger partial charge in [-0.05, 0) is 30.5 Å². The van der Waals surface area contributed by atoms with Gasteiger partial charge in [0.15, 0.2) is 0 Å². The fraction of sp³-hybridized carbons (Fsp3) is 0.214. The summed E-state index contributed by atoms with van der Waals surface area (Å²) in [5.74, 6) is 1.15. The van der Waals surface area contributed by atoms with E-state index in [-0.39, 0.29) is 0 Å². The summed E-state index contributed by atoms with van der Waals surface area (Å²) in [7, 11) is 1.99. The second kappa shape index (κ2) is 5.05.